The standard InChI is InChI=1S/C24H45N3/c1-5-20(2)14-24(6-7-24)19-26-10-8-23(9-11-26)15-22(16-23)18-27-13-12-25(4)17-21(27)3/h20-22H,5-19H2,1-4H3/t20?,21-/m0/s1. The zero-order chi connectivity index (χ0) is 19.1. The summed E-state index contributed by atoms with van der Waals surface area (Å²) in [6, 6.07) is 0.752. The Kier molecular flexibility index (Phi) is 5.94. The molecule has 0 amide bonds. The van der Waals surface area contributed by atoms with E-state index in [9.17, 15) is 0 Å². The van der Waals surface area contributed by atoms with Gasteiger partial charge in [0.15, 0.2) is 0 Å². The molecule has 1 unspecified atom stereocenters. The van der Waals surface area contributed by atoms with Crippen molar-refractivity contribution in [3.05, 3.63) is 0 Å². The molecule has 4 aliphatic rings. The topological polar surface area (TPSA) is 9.72 Å². The molecule has 2 atom stereocenters. The summed E-state index contributed by atoms with van der Waals surface area (Å²) in [4.78, 5) is 8.11. The third-order valence-corrected chi connectivity index (χ3v) is 8.82. The van der Waals surface area contributed by atoms with E-state index < -0.39 is 0 Å². The molecule has 0 aromatic carbocycles. The Labute approximate surface area is 168 Å². The van der Waals surface area contributed by atoms with Crippen molar-refractivity contribution < 1.29 is 0 Å². The summed E-state index contributed by atoms with van der Waals surface area (Å²) in [6.07, 6.45) is 11.9. The SMILES string of the molecule is CCC(C)CC1(CN2CCC3(CC2)CC(CN2CCN(C)C[C@@H]2C)C3)CC1. The molecule has 3 nitrogen and oxygen atoms in total. The number of likely N-dealkylation sites (N-methyl/N-ethyl adjacent to an activating group) is 1. The molecule has 2 saturated carbocycles. The fourth-order valence-corrected chi connectivity index (χ4v) is 6.63. The van der Waals surface area contributed by atoms with Gasteiger partial charge in [-0.2, -0.15) is 0 Å². The van der Waals surface area contributed by atoms with Crippen LogP contribution >= 0.6 is 0 Å². The fraction of sp³-hybridized carbons (Fsp3) is 1.00. The number of hydrogen-bond acceptors (Lipinski definition) is 3. The van der Waals surface area contributed by atoms with Crippen molar-refractivity contribution in [2.24, 2.45) is 22.7 Å². The van der Waals surface area contributed by atoms with Crippen LogP contribution < -0.4 is 0 Å². The van der Waals surface area contributed by atoms with Gasteiger partial charge >= 0.3 is 0 Å². The van der Waals surface area contributed by atoms with Crippen LogP contribution in [0.5, 0.6) is 0 Å². The maximum absolute atomic E-state index is 2.84. The Hall–Kier alpha value is -0.120. The summed E-state index contributed by atoms with van der Waals surface area (Å²) in [7, 11) is 2.27. The van der Waals surface area contributed by atoms with E-state index in [-0.39, 0.29) is 0 Å². The maximum Gasteiger partial charge on any atom is 0.0195 e. The first kappa shape index (κ1) is 20.2. The molecule has 4 fully saturated rings. The molecule has 1 spiro atoms. The van der Waals surface area contributed by atoms with Crippen molar-refractivity contribution in [2.75, 3.05) is 52.9 Å². The smallest absolute Gasteiger partial charge is 0.0195 e. The van der Waals surface area contributed by atoms with Crippen LogP contribution in [0.4, 0.5) is 0 Å². The molecule has 0 radical (unpaired) electrons. The van der Waals surface area contributed by atoms with E-state index in [0.717, 1.165) is 28.7 Å². The van der Waals surface area contributed by atoms with Gasteiger partial charge in [-0.3, -0.25) is 4.90 Å². The minimum absolute atomic E-state index is 0.722. The van der Waals surface area contributed by atoms with Gasteiger partial charge in [0.2, 0.25) is 0 Å². The van der Waals surface area contributed by atoms with E-state index in [0.29, 0.717) is 0 Å². The van der Waals surface area contributed by atoms with E-state index in [2.05, 4.69) is 42.5 Å². The van der Waals surface area contributed by atoms with Crippen LogP contribution in [0.25, 0.3) is 0 Å². The van der Waals surface area contributed by atoms with Crippen LogP contribution in [-0.2, 0) is 0 Å². The molecular weight excluding hydrogens is 330 g/mol. The van der Waals surface area contributed by atoms with Crippen LogP contribution in [0.1, 0.15) is 72.1 Å². The lowest BCUT2D eigenvalue weighted by Gasteiger charge is -2.54. The number of piperazine rings is 1. The number of nitrogens with zero attached hydrogens (tertiary/aromatic N) is 3. The fourth-order valence-electron chi connectivity index (χ4n) is 6.63. The van der Waals surface area contributed by atoms with Crippen LogP contribution in [-0.4, -0.2) is 73.6 Å². The maximum atomic E-state index is 2.84. The Bertz CT molecular complexity index is 484. The second-order valence-electron chi connectivity index (χ2n) is 11.4. The first-order valence-electron chi connectivity index (χ1n) is 12.1. The Morgan fingerprint density at radius 3 is 2.30 bits per heavy atom. The second kappa shape index (κ2) is 7.95. The Balaban J connectivity index is 1.17. The van der Waals surface area contributed by atoms with Gasteiger partial charge in [0.25, 0.3) is 0 Å². The van der Waals surface area contributed by atoms with Crippen molar-refractivity contribution in [2.45, 2.75) is 78.2 Å². The van der Waals surface area contributed by atoms with Gasteiger partial charge in [-0.05, 0) is 94.7 Å². The first-order valence-corrected chi connectivity index (χ1v) is 12.1. The summed E-state index contributed by atoms with van der Waals surface area (Å²) < 4.78 is 0. The van der Waals surface area contributed by atoms with Crippen LogP contribution in [0.15, 0.2) is 0 Å². The lowest BCUT2D eigenvalue weighted by molar-refractivity contribution is -0.0401. The predicted molar refractivity (Wildman–Crippen MR) is 115 cm³/mol. The first-order chi connectivity index (χ1) is 12.9. The monoisotopic (exact) mass is 375 g/mol. The molecule has 4 rings (SSSR count). The molecule has 2 aliphatic carbocycles. The lowest BCUT2D eigenvalue weighted by atomic mass is 9.57. The summed E-state index contributed by atoms with van der Waals surface area (Å²) in [5, 5.41) is 0. The molecule has 156 valence electrons. The average molecular weight is 376 g/mol. The highest BCUT2D eigenvalue weighted by molar-refractivity contribution is 5.01. The van der Waals surface area contributed by atoms with Gasteiger partial charge in [0.05, 0.1) is 0 Å². The molecule has 2 aliphatic heterocycles. The highest BCUT2D eigenvalue weighted by Crippen LogP contribution is 2.55. The molecule has 0 bridgehead atoms. The van der Waals surface area contributed by atoms with Gasteiger partial charge in [0, 0.05) is 38.8 Å². The summed E-state index contributed by atoms with van der Waals surface area (Å²) in [5.41, 5.74) is 1.46. The molecule has 0 N–H and O–H groups in total. The lowest BCUT2D eigenvalue weighted by Crippen LogP contribution is -2.55. The van der Waals surface area contributed by atoms with Crippen LogP contribution in [0, 0.1) is 22.7 Å². The minimum Gasteiger partial charge on any atom is -0.304 e. The third kappa shape index (κ3) is 4.73. The zero-order valence-corrected chi connectivity index (χ0v) is 18.7. The highest BCUT2D eigenvalue weighted by Gasteiger charge is 2.49. The van der Waals surface area contributed by atoms with Gasteiger partial charge in [-0.1, -0.05) is 20.3 Å². The summed E-state index contributed by atoms with van der Waals surface area (Å²) in [5.74, 6) is 1.91. The normalized spacial score (nSPS) is 33.1. The van der Waals surface area contributed by atoms with Crippen molar-refractivity contribution in [3.8, 4) is 0 Å². The quantitative estimate of drug-likeness (QED) is 0.656. The van der Waals surface area contributed by atoms with E-state index in [1.54, 1.807) is 0 Å². The Morgan fingerprint density at radius 1 is 1.00 bits per heavy atom. The van der Waals surface area contributed by atoms with E-state index in [4.69, 9.17) is 0 Å². The number of piperidine rings is 1. The molecule has 0 aromatic rings. The van der Waals surface area contributed by atoms with Gasteiger partial charge in [-0.15, -0.1) is 0 Å². The Morgan fingerprint density at radius 2 is 1.70 bits per heavy atom. The van der Waals surface area contributed by atoms with Gasteiger partial charge in [-0.25, -0.2) is 0 Å². The molecular formula is C24H45N3. The van der Waals surface area contributed by atoms with E-state index in [1.807, 2.05) is 0 Å². The summed E-state index contributed by atoms with van der Waals surface area (Å²) >= 11 is 0. The van der Waals surface area contributed by atoms with Crippen LogP contribution in [0.3, 0.4) is 0 Å². The van der Waals surface area contributed by atoms with Crippen molar-refractivity contribution in [1.82, 2.24) is 14.7 Å². The van der Waals surface area contributed by atoms with Crippen molar-refractivity contribution in [1.29, 1.82) is 0 Å². The number of likely N-dealkylation sites (tertiary alicyclic amines) is 1. The largest absolute Gasteiger partial charge is 0.304 e. The highest BCUT2D eigenvalue weighted by atomic mass is 15.3. The zero-order valence-electron chi connectivity index (χ0n) is 18.7. The molecule has 27 heavy (non-hydrogen) atoms. The number of hydrogen-bond donors (Lipinski definition) is 0. The van der Waals surface area contributed by atoms with Gasteiger partial charge in [0.1, 0.15) is 0 Å². The second-order valence-corrected chi connectivity index (χ2v) is 11.4. The third-order valence-electron chi connectivity index (χ3n) is 8.82. The summed E-state index contributed by atoms with van der Waals surface area (Å²) in [6.45, 7) is 16.6. The average Bonchev–Trinajstić information content (AvgIpc) is 3.36. The van der Waals surface area contributed by atoms with Crippen molar-refractivity contribution in [3.63, 3.8) is 0 Å². The molecule has 0 aromatic heterocycles. The predicted octanol–water partition coefficient (Wildman–Crippen LogP) is 4.33. The van der Waals surface area contributed by atoms with E-state index >= 15 is 0 Å². The minimum atomic E-state index is 0.722. The number of rotatable bonds is 7. The van der Waals surface area contributed by atoms with Crippen LogP contribution in [0.2, 0.25) is 0 Å². The van der Waals surface area contributed by atoms with E-state index in [1.165, 1.54) is 97.2 Å². The molecule has 2 heterocycles. The molecule has 2 saturated heterocycles. The van der Waals surface area contributed by atoms with Crippen molar-refractivity contribution >= 4 is 0 Å². The van der Waals surface area contributed by atoms with Gasteiger partial charge < -0.3 is 9.80 Å². The molecule has 3 heteroatoms.